The van der Waals surface area contributed by atoms with Crippen LogP contribution >= 0.6 is 0 Å². The average Bonchev–Trinajstić information content (AvgIpc) is 3.14. The molecule has 28 heavy (non-hydrogen) atoms. The Labute approximate surface area is 166 Å². The molecule has 160 valence electrons. The molecule has 4 atom stereocenters. The van der Waals surface area contributed by atoms with Gasteiger partial charge in [0.15, 0.2) is 17.9 Å². The molecule has 0 radical (unpaired) electrons. The fourth-order valence-electron chi connectivity index (χ4n) is 3.20. The summed E-state index contributed by atoms with van der Waals surface area (Å²) >= 11 is 0. The molecule has 2 N–H and O–H groups in total. The number of ether oxygens (including phenoxy) is 5. The lowest BCUT2D eigenvalue weighted by molar-refractivity contribution is -0.186. The molecule has 10 nitrogen and oxygen atoms in total. The number of methoxy groups -OCH3 is 2. The van der Waals surface area contributed by atoms with Crippen molar-refractivity contribution in [3.05, 3.63) is 0 Å². The summed E-state index contributed by atoms with van der Waals surface area (Å²) < 4.78 is 27.7. The van der Waals surface area contributed by atoms with E-state index in [1.807, 2.05) is 20.8 Å². The molecule has 0 spiro atoms. The van der Waals surface area contributed by atoms with Gasteiger partial charge in [-0.1, -0.05) is 6.92 Å². The highest BCUT2D eigenvalue weighted by Gasteiger charge is 2.54. The second kappa shape index (κ2) is 10.3. The van der Waals surface area contributed by atoms with E-state index in [9.17, 15) is 4.79 Å². The first-order chi connectivity index (χ1) is 13.3. The quantitative estimate of drug-likeness (QED) is 0.432. The van der Waals surface area contributed by atoms with Crippen LogP contribution in [0.25, 0.3) is 0 Å². The molecule has 2 saturated heterocycles. The lowest BCUT2D eigenvalue weighted by atomic mass is 10.1. The molecular weight excluding hydrogens is 368 g/mol. The Bertz CT molecular complexity index is 574. The predicted octanol–water partition coefficient (Wildman–Crippen LogP) is 0.148. The summed E-state index contributed by atoms with van der Waals surface area (Å²) in [6.45, 7) is 7.30. The Morgan fingerprint density at radius 2 is 1.79 bits per heavy atom. The van der Waals surface area contributed by atoms with Gasteiger partial charge in [0.05, 0.1) is 19.3 Å². The number of hydrogen-bond donors (Lipinski definition) is 1. The number of aliphatic imine (C=N–C) groups is 2. The van der Waals surface area contributed by atoms with E-state index < -0.39 is 17.9 Å². The molecule has 2 rings (SSSR count). The molecule has 0 aromatic heterocycles. The smallest absolute Gasteiger partial charge is 0.289 e. The molecule has 0 aliphatic carbocycles. The normalized spacial score (nSPS) is 29.4. The van der Waals surface area contributed by atoms with Crippen LogP contribution in [0.1, 0.15) is 27.2 Å². The number of nitrogens with zero attached hydrogens (tertiary/aromatic N) is 3. The summed E-state index contributed by atoms with van der Waals surface area (Å²) in [4.78, 5) is 22.3. The van der Waals surface area contributed by atoms with Crippen molar-refractivity contribution < 1.29 is 28.5 Å². The third-order valence-electron chi connectivity index (χ3n) is 4.58. The van der Waals surface area contributed by atoms with Crippen LogP contribution < -0.4 is 5.73 Å². The Morgan fingerprint density at radius 3 is 2.36 bits per heavy atom. The Morgan fingerprint density at radius 1 is 1.18 bits per heavy atom. The van der Waals surface area contributed by atoms with Crippen molar-refractivity contribution in [1.82, 2.24) is 4.90 Å². The number of fused-ring (bicyclic) bond motifs is 1. The van der Waals surface area contributed by atoms with Gasteiger partial charge in [-0.25, -0.2) is 9.98 Å². The lowest BCUT2D eigenvalue weighted by Gasteiger charge is -2.22. The summed E-state index contributed by atoms with van der Waals surface area (Å²) in [5.74, 6) is -1.25. The largest absolute Gasteiger partial charge is 0.383 e. The van der Waals surface area contributed by atoms with Crippen molar-refractivity contribution in [2.45, 2.75) is 57.5 Å². The van der Waals surface area contributed by atoms with Crippen molar-refractivity contribution in [1.29, 1.82) is 0 Å². The minimum absolute atomic E-state index is 0.101. The van der Waals surface area contributed by atoms with Crippen molar-refractivity contribution in [2.75, 3.05) is 40.5 Å². The minimum Gasteiger partial charge on any atom is -0.383 e. The molecule has 2 aliphatic rings. The molecule has 2 heterocycles. The standard InChI is InChI=1S/C18H32N4O6/c1-6-12-13-14(28-18(2,3)27-13)16(26-12)21-11-20-15(19)17(23)22(7-9-24-4)8-10-25-5/h11-14,16H,6-10H2,1-5H3,(H2,19,20,21)/t12-,13?,14+,16-/m1/s1. The molecule has 2 fully saturated rings. The topological polar surface area (TPSA) is 117 Å². The van der Waals surface area contributed by atoms with Gasteiger partial charge in [-0.15, -0.1) is 0 Å². The zero-order valence-electron chi connectivity index (χ0n) is 17.3. The molecule has 10 heteroatoms. The van der Waals surface area contributed by atoms with Crippen molar-refractivity contribution >= 4 is 18.1 Å². The first-order valence-corrected chi connectivity index (χ1v) is 9.46. The minimum atomic E-state index is -0.679. The second-order valence-corrected chi connectivity index (χ2v) is 7.09. The zero-order valence-corrected chi connectivity index (χ0v) is 17.3. The van der Waals surface area contributed by atoms with Crippen LogP contribution in [0.2, 0.25) is 0 Å². The maximum Gasteiger partial charge on any atom is 0.289 e. The van der Waals surface area contributed by atoms with Crippen LogP contribution in [0.15, 0.2) is 9.98 Å². The van der Waals surface area contributed by atoms with E-state index in [0.717, 1.165) is 6.42 Å². The number of rotatable bonds is 9. The van der Waals surface area contributed by atoms with E-state index in [1.165, 1.54) is 11.2 Å². The Hall–Kier alpha value is -1.59. The molecule has 1 unspecified atom stereocenters. The van der Waals surface area contributed by atoms with Crippen LogP contribution in [0, 0.1) is 0 Å². The number of carbonyl (C=O) groups is 1. The van der Waals surface area contributed by atoms with Crippen molar-refractivity contribution in [2.24, 2.45) is 15.7 Å². The number of carbonyl (C=O) groups excluding carboxylic acids is 1. The number of nitrogens with two attached hydrogens (primary N) is 1. The highest BCUT2D eigenvalue weighted by Crippen LogP contribution is 2.39. The predicted molar refractivity (Wildman–Crippen MR) is 103 cm³/mol. The van der Waals surface area contributed by atoms with Gasteiger partial charge in [0.1, 0.15) is 18.5 Å². The summed E-state index contributed by atoms with van der Waals surface area (Å²) in [5, 5.41) is 0. The third-order valence-corrected chi connectivity index (χ3v) is 4.58. The fourth-order valence-corrected chi connectivity index (χ4v) is 3.20. The first-order valence-electron chi connectivity index (χ1n) is 9.46. The van der Waals surface area contributed by atoms with E-state index in [-0.39, 0.29) is 24.1 Å². The van der Waals surface area contributed by atoms with Gasteiger partial charge in [0, 0.05) is 27.3 Å². The van der Waals surface area contributed by atoms with E-state index in [4.69, 9.17) is 29.4 Å². The summed E-state index contributed by atoms with van der Waals surface area (Å²) in [7, 11) is 3.13. The maximum atomic E-state index is 12.5. The van der Waals surface area contributed by atoms with Crippen molar-refractivity contribution in [3.63, 3.8) is 0 Å². The van der Waals surface area contributed by atoms with E-state index in [2.05, 4.69) is 9.98 Å². The molecule has 1 amide bonds. The fraction of sp³-hybridized carbons (Fsp3) is 0.833. The van der Waals surface area contributed by atoms with Crippen LogP contribution in [-0.2, 0) is 28.5 Å². The van der Waals surface area contributed by atoms with E-state index in [1.54, 1.807) is 14.2 Å². The average molecular weight is 400 g/mol. The monoisotopic (exact) mass is 400 g/mol. The highest BCUT2D eigenvalue weighted by molar-refractivity contribution is 6.38. The second-order valence-electron chi connectivity index (χ2n) is 7.09. The highest BCUT2D eigenvalue weighted by atomic mass is 16.8. The Kier molecular flexibility index (Phi) is 8.32. The summed E-state index contributed by atoms with van der Waals surface area (Å²) in [5.41, 5.74) is 5.84. The van der Waals surface area contributed by atoms with Crippen LogP contribution in [0.3, 0.4) is 0 Å². The van der Waals surface area contributed by atoms with Crippen LogP contribution in [-0.4, -0.2) is 93.8 Å². The lowest BCUT2D eigenvalue weighted by Crippen LogP contribution is -2.43. The third kappa shape index (κ3) is 5.71. The van der Waals surface area contributed by atoms with Gasteiger partial charge in [0.2, 0.25) is 0 Å². The number of amides is 1. The summed E-state index contributed by atoms with van der Waals surface area (Å²) in [6.07, 6.45) is 0.876. The summed E-state index contributed by atoms with van der Waals surface area (Å²) in [6, 6.07) is 0. The van der Waals surface area contributed by atoms with E-state index in [0.29, 0.717) is 26.3 Å². The van der Waals surface area contributed by atoms with Gasteiger partial charge in [-0.3, -0.25) is 4.79 Å². The number of amidine groups is 1. The Balaban J connectivity index is 2.00. The molecular formula is C18H32N4O6. The molecule has 0 aromatic rings. The molecule has 0 aromatic carbocycles. The molecule has 2 aliphatic heterocycles. The van der Waals surface area contributed by atoms with Gasteiger partial charge in [-0.05, 0) is 20.3 Å². The van der Waals surface area contributed by atoms with Crippen LogP contribution in [0.4, 0.5) is 0 Å². The van der Waals surface area contributed by atoms with Crippen LogP contribution in [0.5, 0.6) is 0 Å². The van der Waals surface area contributed by atoms with E-state index >= 15 is 0 Å². The zero-order chi connectivity index (χ0) is 20.7. The number of hydrogen-bond acceptors (Lipinski definition) is 7. The molecule has 0 saturated carbocycles. The van der Waals surface area contributed by atoms with Gasteiger partial charge >= 0.3 is 0 Å². The van der Waals surface area contributed by atoms with Gasteiger partial charge in [-0.2, -0.15) is 0 Å². The van der Waals surface area contributed by atoms with Gasteiger partial charge in [0.25, 0.3) is 5.91 Å². The van der Waals surface area contributed by atoms with Gasteiger partial charge < -0.3 is 34.3 Å². The SMILES string of the molecule is CC[C@H]1O[C@@H](N=CN=C(N)C(=O)N(CCOC)CCOC)[C@H]2OC(C)(C)OC12. The maximum absolute atomic E-state index is 12.5. The molecule has 0 bridgehead atoms. The first kappa shape index (κ1) is 22.7. The van der Waals surface area contributed by atoms with Crippen molar-refractivity contribution in [3.8, 4) is 0 Å².